The highest BCUT2D eigenvalue weighted by Crippen LogP contribution is 2.47. The van der Waals surface area contributed by atoms with Crippen LogP contribution in [0.25, 0.3) is 23.3 Å². The van der Waals surface area contributed by atoms with Gasteiger partial charge in [0.2, 0.25) is 23.8 Å². The number of ether oxygens (including phenoxy) is 2. The van der Waals surface area contributed by atoms with Gasteiger partial charge in [0.1, 0.15) is 23.5 Å². The van der Waals surface area contributed by atoms with Crippen LogP contribution in [0.3, 0.4) is 0 Å². The molecule has 2 saturated heterocycles. The summed E-state index contributed by atoms with van der Waals surface area (Å²) in [5.41, 5.74) is 1.86. The van der Waals surface area contributed by atoms with Gasteiger partial charge >= 0.3 is 0 Å². The van der Waals surface area contributed by atoms with Crippen molar-refractivity contribution in [3.63, 3.8) is 0 Å². The highest BCUT2D eigenvalue weighted by molar-refractivity contribution is 5.65. The first-order valence-corrected chi connectivity index (χ1v) is 23.0. The van der Waals surface area contributed by atoms with Crippen LogP contribution in [0.2, 0.25) is 0 Å². The molecule has 328 valence electrons. The number of aromatic nitrogens is 14. The molecule has 2 saturated carbocycles. The van der Waals surface area contributed by atoms with Gasteiger partial charge in [0, 0.05) is 69.5 Å². The lowest BCUT2D eigenvalue weighted by atomic mass is 10.0. The number of nitrogens with zero attached hydrogens (tertiary/aromatic N) is 18. The van der Waals surface area contributed by atoms with Gasteiger partial charge in [0.15, 0.2) is 23.3 Å². The highest BCUT2D eigenvalue weighted by Gasteiger charge is 2.43. The fourth-order valence-electron chi connectivity index (χ4n) is 11.2. The third-order valence-corrected chi connectivity index (χ3v) is 14.2. The molecule has 4 aliphatic heterocycles. The van der Waals surface area contributed by atoms with E-state index in [1.54, 1.807) is 6.33 Å². The monoisotopic (exact) mass is 854 g/mol. The van der Waals surface area contributed by atoms with Crippen molar-refractivity contribution in [3.05, 3.63) is 61.0 Å². The van der Waals surface area contributed by atoms with Crippen molar-refractivity contribution in [3.8, 4) is 23.3 Å². The molecule has 0 radical (unpaired) electrons. The lowest BCUT2D eigenvalue weighted by molar-refractivity contribution is 0.122. The molecule has 4 unspecified atom stereocenters. The van der Waals surface area contributed by atoms with Crippen LogP contribution in [0.4, 0.5) is 23.5 Å². The van der Waals surface area contributed by atoms with Gasteiger partial charge in [-0.15, -0.1) is 20.4 Å². The molecule has 0 aromatic carbocycles. The average Bonchev–Trinajstić information content (AvgIpc) is 4.20. The van der Waals surface area contributed by atoms with E-state index in [1.165, 1.54) is 12.8 Å². The van der Waals surface area contributed by atoms with E-state index in [0.29, 0.717) is 50.3 Å². The molecule has 2 aliphatic carbocycles. The fraction of sp³-hybridized carbons (Fsp3) is 0.581. The lowest BCUT2D eigenvalue weighted by Gasteiger charge is -2.41. The van der Waals surface area contributed by atoms with Crippen LogP contribution in [0.1, 0.15) is 101 Å². The van der Waals surface area contributed by atoms with E-state index in [2.05, 4.69) is 52.8 Å². The van der Waals surface area contributed by atoms with Gasteiger partial charge < -0.3 is 29.1 Å². The summed E-state index contributed by atoms with van der Waals surface area (Å²) in [4.78, 5) is 39.8. The van der Waals surface area contributed by atoms with Crippen LogP contribution in [0, 0.1) is 5.92 Å². The van der Waals surface area contributed by atoms with Gasteiger partial charge in [-0.1, -0.05) is 26.7 Å². The Morgan fingerprint density at radius 3 is 1.87 bits per heavy atom. The molecule has 63 heavy (non-hydrogen) atoms. The molecule has 4 atom stereocenters. The number of imidazole rings is 2. The Hall–Kier alpha value is -6.02. The third-order valence-electron chi connectivity index (χ3n) is 14.2. The minimum absolute atomic E-state index is 0.0122. The van der Waals surface area contributed by atoms with Gasteiger partial charge in [-0.3, -0.25) is 18.3 Å². The Morgan fingerprint density at radius 1 is 0.619 bits per heavy atom. The van der Waals surface area contributed by atoms with E-state index in [4.69, 9.17) is 49.6 Å². The number of hydrogen-bond acceptors (Lipinski definition) is 16. The molecule has 0 N–H and O–H groups in total. The molecular weight excluding hydrogens is 801 g/mol. The lowest BCUT2D eigenvalue weighted by Crippen LogP contribution is -2.42. The quantitative estimate of drug-likeness (QED) is 0.189. The van der Waals surface area contributed by atoms with E-state index >= 15 is 0 Å². The molecule has 6 aromatic heterocycles. The number of fused-ring (bicyclic) bond motifs is 6. The second-order valence-electron chi connectivity index (χ2n) is 17.7. The zero-order valence-electron chi connectivity index (χ0n) is 36.0. The number of anilines is 4. The molecule has 4 fully saturated rings. The fourth-order valence-corrected chi connectivity index (χ4v) is 11.2. The molecule has 0 bridgehead atoms. The first kappa shape index (κ1) is 38.6. The predicted octanol–water partition coefficient (Wildman–Crippen LogP) is 4.37. The van der Waals surface area contributed by atoms with Gasteiger partial charge in [0.25, 0.3) is 0 Å². The molecule has 0 amide bonds. The minimum Gasteiger partial charge on any atom is -0.378 e. The zero-order chi connectivity index (χ0) is 42.0. The SMILES string of the molecule is CCC1c2nncn2-c2cnc(-n3ccnc3N3CCOCC3)nc2N1C1CCC(Cc2nnc3n2-c2cnc(-n4ccnc4N4CCOCC4)nc2N(C2CCCC2)C3CC)C1. The molecule has 20 nitrogen and oxygen atoms in total. The van der Waals surface area contributed by atoms with Crippen molar-refractivity contribution in [2.45, 2.75) is 102 Å². The smallest absolute Gasteiger partial charge is 0.238 e. The average molecular weight is 855 g/mol. The Kier molecular flexibility index (Phi) is 9.79. The molecule has 10 heterocycles. The molecule has 12 rings (SSSR count). The first-order chi connectivity index (χ1) is 31.2. The molecular formula is C43H54N18O2. The maximum Gasteiger partial charge on any atom is 0.238 e. The number of rotatable bonds is 10. The highest BCUT2D eigenvalue weighted by atomic mass is 16.5. The van der Waals surface area contributed by atoms with Gasteiger partial charge in [-0.05, 0) is 50.9 Å². The topological polar surface area (TPSA) is 180 Å². The molecule has 6 aromatic rings. The Balaban J connectivity index is 0.867. The van der Waals surface area contributed by atoms with E-state index in [-0.39, 0.29) is 18.1 Å². The summed E-state index contributed by atoms with van der Waals surface area (Å²) < 4.78 is 19.7. The van der Waals surface area contributed by atoms with E-state index in [9.17, 15) is 0 Å². The summed E-state index contributed by atoms with van der Waals surface area (Å²) in [6.07, 6.45) is 23.6. The van der Waals surface area contributed by atoms with Gasteiger partial charge in [-0.2, -0.15) is 9.97 Å². The number of hydrogen-bond donors (Lipinski definition) is 0. The van der Waals surface area contributed by atoms with Crippen LogP contribution < -0.4 is 19.6 Å². The maximum absolute atomic E-state index is 5.65. The van der Waals surface area contributed by atoms with Crippen molar-refractivity contribution in [1.29, 1.82) is 0 Å². The Morgan fingerprint density at radius 2 is 1.22 bits per heavy atom. The molecule has 6 aliphatic rings. The van der Waals surface area contributed by atoms with E-state index < -0.39 is 0 Å². The van der Waals surface area contributed by atoms with Gasteiger partial charge in [0.05, 0.1) is 50.9 Å². The van der Waals surface area contributed by atoms with Crippen molar-refractivity contribution in [2.75, 3.05) is 72.2 Å². The molecule has 0 spiro atoms. The van der Waals surface area contributed by atoms with Crippen LogP contribution in [0.5, 0.6) is 0 Å². The second-order valence-corrected chi connectivity index (χ2v) is 17.7. The Bertz CT molecular complexity index is 2580. The molecule has 20 heteroatoms. The van der Waals surface area contributed by atoms with Crippen molar-refractivity contribution >= 4 is 23.5 Å². The summed E-state index contributed by atoms with van der Waals surface area (Å²) >= 11 is 0. The zero-order valence-corrected chi connectivity index (χ0v) is 36.0. The van der Waals surface area contributed by atoms with E-state index in [0.717, 1.165) is 130 Å². The predicted molar refractivity (Wildman–Crippen MR) is 232 cm³/mol. The largest absolute Gasteiger partial charge is 0.378 e. The summed E-state index contributed by atoms with van der Waals surface area (Å²) in [6.45, 7) is 10.3. The minimum atomic E-state index is 0.0122. The summed E-state index contributed by atoms with van der Waals surface area (Å²) in [5.74, 6) is 8.03. The maximum atomic E-state index is 5.65. The van der Waals surface area contributed by atoms with Crippen LogP contribution in [0.15, 0.2) is 43.5 Å². The van der Waals surface area contributed by atoms with Crippen LogP contribution >= 0.6 is 0 Å². The van der Waals surface area contributed by atoms with Crippen molar-refractivity contribution in [2.24, 2.45) is 5.92 Å². The first-order valence-electron chi connectivity index (χ1n) is 23.0. The van der Waals surface area contributed by atoms with Crippen LogP contribution in [-0.4, -0.2) is 133 Å². The normalized spacial score (nSPS) is 23.6. The summed E-state index contributed by atoms with van der Waals surface area (Å²) in [6, 6.07) is 0.685. The van der Waals surface area contributed by atoms with E-state index in [1.807, 2.05) is 46.3 Å². The summed E-state index contributed by atoms with van der Waals surface area (Å²) in [7, 11) is 0. The van der Waals surface area contributed by atoms with Crippen molar-refractivity contribution < 1.29 is 9.47 Å². The standard InChI is InChI=1S/C43H54N18O2/c1-3-31-38-52-48-27-58(38)33-25-46-40(56-13-11-44-42(56)54-15-19-62-20-16-54)49-36(33)60(31)30-10-9-28(23-30)24-35-51-53-39-32(4-2)59(29-7-5-6-8-29)37-34(61(35)39)26-47-41(50-37)57-14-12-45-43(57)55-17-21-63-22-18-55/h11-14,25-32H,3-10,15-24H2,1-2H3. The van der Waals surface area contributed by atoms with Crippen molar-refractivity contribution in [1.82, 2.24) is 68.6 Å². The second kappa shape index (κ2) is 16.0. The summed E-state index contributed by atoms with van der Waals surface area (Å²) in [5, 5.41) is 19.0. The Labute approximate surface area is 365 Å². The third kappa shape index (κ3) is 6.45. The van der Waals surface area contributed by atoms with Crippen LogP contribution in [-0.2, 0) is 15.9 Å². The van der Waals surface area contributed by atoms with Gasteiger partial charge in [-0.25, -0.2) is 19.9 Å². The number of morpholine rings is 2.